The molecule has 1 N–H and O–H groups in total. The lowest BCUT2D eigenvalue weighted by Crippen LogP contribution is -1.88. The lowest BCUT2D eigenvalue weighted by molar-refractivity contribution is 0.305. The highest BCUT2D eigenvalue weighted by atomic mass is 32.2. The Hall–Kier alpha value is -1.77. The Morgan fingerprint density at radius 2 is 2.30 bits per heavy atom. The maximum absolute atomic E-state index is 13.6. The number of aliphatic hydroxyl groups is 1. The normalized spacial score (nSPS) is 10.2. The van der Waals surface area contributed by atoms with Crippen LogP contribution in [0, 0.1) is 17.7 Å². The molecule has 104 valence electrons. The maximum Gasteiger partial charge on any atom is 0.138 e. The molecular formula is C15H15FN2OS. The second kappa shape index (κ2) is 7.13. The van der Waals surface area contributed by atoms with E-state index in [4.69, 9.17) is 5.11 Å². The molecule has 2 aromatic rings. The highest BCUT2D eigenvalue weighted by Gasteiger charge is 2.03. The molecule has 0 bridgehead atoms. The third-order valence-electron chi connectivity index (χ3n) is 2.58. The Balaban J connectivity index is 2.05. The predicted octanol–water partition coefficient (Wildman–Crippen LogP) is 2.59. The van der Waals surface area contributed by atoms with Gasteiger partial charge in [-0.2, -0.15) is 5.10 Å². The van der Waals surface area contributed by atoms with Gasteiger partial charge >= 0.3 is 0 Å². The first-order valence-electron chi connectivity index (χ1n) is 6.18. The summed E-state index contributed by atoms with van der Waals surface area (Å²) >= 11 is 1.64. The zero-order chi connectivity index (χ0) is 14.4. The van der Waals surface area contributed by atoms with Crippen molar-refractivity contribution in [1.82, 2.24) is 9.78 Å². The van der Waals surface area contributed by atoms with Crippen molar-refractivity contribution < 1.29 is 9.50 Å². The molecule has 0 spiro atoms. The summed E-state index contributed by atoms with van der Waals surface area (Å²) in [5.74, 6) is 5.89. The fraction of sp³-hybridized carbons (Fsp3) is 0.267. The Bertz CT molecular complexity index is 643. The number of hydrogen-bond acceptors (Lipinski definition) is 3. The number of aryl methyl sites for hydroxylation is 1. The number of hydrogen-bond donors (Lipinski definition) is 1. The largest absolute Gasteiger partial charge is 0.395 e. The van der Waals surface area contributed by atoms with E-state index >= 15 is 0 Å². The SMILES string of the molecule is Cn1cc(SCc2ccc(F)c(C#CCCO)c2)cn1. The van der Waals surface area contributed by atoms with Crippen LogP contribution in [0.4, 0.5) is 4.39 Å². The zero-order valence-corrected chi connectivity index (χ0v) is 12.0. The van der Waals surface area contributed by atoms with Crippen molar-refractivity contribution in [2.45, 2.75) is 17.1 Å². The van der Waals surface area contributed by atoms with E-state index in [-0.39, 0.29) is 12.4 Å². The third kappa shape index (κ3) is 4.12. The molecule has 20 heavy (non-hydrogen) atoms. The van der Waals surface area contributed by atoms with E-state index in [1.165, 1.54) is 6.07 Å². The Labute approximate surface area is 121 Å². The summed E-state index contributed by atoms with van der Waals surface area (Å²) in [5.41, 5.74) is 1.39. The summed E-state index contributed by atoms with van der Waals surface area (Å²) in [6.07, 6.45) is 4.10. The number of aliphatic hydroxyl groups excluding tert-OH is 1. The topological polar surface area (TPSA) is 38.0 Å². The first-order valence-corrected chi connectivity index (χ1v) is 7.17. The minimum absolute atomic E-state index is 0.00876. The van der Waals surface area contributed by atoms with Gasteiger partial charge in [-0.05, 0) is 17.7 Å². The van der Waals surface area contributed by atoms with Crippen LogP contribution in [0.15, 0.2) is 35.5 Å². The van der Waals surface area contributed by atoms with Crippen molar-refractivity contribution in [3.05, 3.63) is 47.5 Å². The van der Waals surface area contributed by atoms with Gasteiger partial charge in [-0.15, -0.1) is 11.8 Å². The monoisotopic (exact) mass is 290 g/mol. The van der Waals surface area contributed by atoms with E-state index < -0.39 is 0 Å². The first kappa shape index (κ1) is 14.6. The van der Waals surface area contributed by atoms with Gasteiger partial charge in [-0.25, -0.2) is 4.39 Å². The van der Waals surface area contributed by atoms with E-state index in [2.05, 4.69) is 16.9 Å². The lowest BCUT2D eigenvalue weighted by atomic mass is 10.1. The summed E-state index contributed by atoms with van der Waals surface area (Å²) in [5, 5.41) is 12.8. The molecule has 5 heteroatoms. The van der Waals surface area contributed by atoms with Crippen LogP contribution in [-0.4, -0.2) is 21.5 Å². The molecule has 1 heterocycles. The molecule has 1 aromatic heterocycles. The van der Waals surface area contributed by atoms with Crippen molar-refractivity contribution in [1.29, 1.82) is 0 Å². The van der Waals surface area contributed by atoms with Crippen LogP contribution in [0.1, 0.15) is 17.5 Å². The van der Waals surface area contributed by atoms with Crippen molar-refractivity contribution in [2.75, 3.05) is 6.61 Å². The number of aromatic nitrogens is 2. The van der Waals surface area contributed by atoms with Gasteiger partial charge < -0.3 is 5.11 Å². The summed E-state index contributed by atoms with van der Waals surface area (Å²) < 4.78 is 15.3. The second-order valence-corrected chi connectivity index (χ2v) is 5.28. The Morgan fingerprint density at radius 3 is 3.00 bits per heavy atom. The second-order valence-electron chi connectivity index (χ2n) is 4.23. The van der Waals surface area contributed by atoms with E-state index in [1.807, 2.05) is 13.2 Å². The smallest absolute Gasteiger partial charge is 0.138 e. The molecule has 2 rings (SSSR count). The van der Waals surface area contributed by atoms with Crippen molar-refractivity contribution in [3.8, 4) is 11.8 Å². The number of halogens is 1. The van der Waals surface area contributed by atoms with Crippen LogP contribution in [0.2, 0.25) is 0 Å². The number of benzene rings is 1. The van der Waals surface area contributed by atoms with E-state index in [1.54, 1.807) is 34.8 Å². The molecule has 0 saturated heterocycles. The molecule has 0 saturated carbocycles. The molecule has 0 aliphatic heterocycles. The van der Waals surface area contributed by atoms with Gasteiger partial charge in [0, 0.05) is 30.3 Å². The molecule has 0 radical (unpaired) electrons. The minimum Gasteiger partial charge on any atom is -0.395 e. The summed E-state index contributed by atoms with van der Waals surface area (Å²) in [6.45, 7) is -0.00876. The summed E-state index contributed by atoms with van der Waals surface area (Å²) in [6, 6.07) is 4.95. The van der Waals surface area contributed by atoms with Crippen LogP contribution in [0.25, 0.3) is 0 Å². The number of thioether (sulfide) groups is 1. The van der Waals surface area contributed by atoms with Crippen LogP contribution in [0.5, 0.6) is 0 Å². The molecule has 0 fully saturated rings. The number of rotatable bonds is 4. The van der Waals surface area contributed by atoms with Gasteiger partial charge in [0.1, 0.15) is 5.82 Å². The lowest BCUT2D eigenvalue weighted by Gasteiger charge is -2.02. The highest BCUT2D eigenvalue weighted by Crippen LogP contribution is 2.22. The van der Waals surface area contributed by atoms with Crippen LogP contribution in [-0.2, 0) is 12.8 Å². The van der Waals surface area contributed by atoms with Crippen molar-refractivity contribution in [2.24, 2.45) is 7.05 Å². The molecular weight excluding hydrogens is 275 g/mol. The summed E-state index contributed by atoms with van der Waals surface area (Å²) in [7, 11) is 1.87. The van der Waals surface area contributed by atoms with Gasteiger partial charge in [-0.3, -0.25) is 4.68 Å². The van der Waals surface area contributed by atoms with Crippen molar-refractivity contribution in [3.63, 3.8) is 0 Å². The maximum atomic E-state index is 13.6. The zero-order valence-electron chi connectivity index (χ0n) is 11.1. The average molecular weight is 290 g/mol. The highest BCUT2D eigenvalue weighted by molar-refractivity contribution is 7.98. The van der Waals surface area contributed by atoms with E-state index in [0.717, 1.165) is 16.2 Å². The standard InChI is InChI=1S/C15H15FN2OS/c1-18-10-14(9-17-18)20-11-12-5-6-15(16)13(8-12)4-2-3-7-19/h5-6,8-10,19H,3,7,11H2,1H3. The molecule has 0 aliphatic rings. The fourth-order valence-corrected chi connectivity index (χ4v) is 2.47. The Kier molecular flexibility index (Phi) is 5.22. The fourth-order valence-electron chi connectivity index (χ4n) is 1.61. The van der Waals surface area contributed by atoms with Crippen molar-refractivity contribution >= 4 is 11.8 Å². The van der Waals surface area contributed by atoms with Gasteiger partial charge in [0.05, 0.1) is 18.4 Å². The van der Waals surface area contributed by atoms with Crippen LogP contribution >= 0.6 is 11.8 Å². The quantitative estimate of drug-likeness (QED) is 0.695. The molecule has 3 nitrogen and oxygen atoms in total. The molecule has 1 aromatic carbocycles. The molecule has 0 unspecified atom stereocenters. The molecule has 0 atom stereocenters. The van der Waals surface area contributed by atoms with E-state index in [9.17, 15) is 4.39 Å². The first-order chi connectivity index (χ1) is 9.69. The van der Waals surface area contributed by atoms with Crippen LogP contribution < -0.4 is 0 Å². The third-order valence-corrected chi connectivity index (χ3v) is 3.60. The van der Waals surface area contributed by atoms with Gasteiger partial charge in [0.25, 0.3) is 0 Å². The number of nitrogens with zero attached hydrogens (tertiary/aromatic N) is 2. The minimum atomic E-state index is -0.328. The van der Waals surface area contributed by atoms with Crippen LogP contribution in [0.3, 0.4) is 0 Å². The summed E-state index contributed by atoms with van der Waals surface area (Å²) in [4.78, 5) is 1.07. The average Bonchev–Trinajstić information content (AvgIpc) is 2.85. The van der Waals surface area contributed by atoms with Gasteiger partial charge in [-0.1, -0.05) is 17.9 Å². The van der Waals surface area contributed by atoms with E-state index in [0.29, 0.717) is 12.0 Å². The molecule has 0 aliphatic carbocycles. The van der Waals surface area contributed by atoms with Gasteiger partial charge in [0.15, 0.2) is 0 Å². The Morgan fingerprint density at radius 1 is 1.45 bits per heavy atom. The molecule has 0 amide bonds. The van der Waals surface area contributed by atoms with Gasteiger partial charge in [0.2, 0.25) is 0 Å². The predicted molar refractivity (Wildman–Crippen MR) is 77.7 cm³/mol.